The van der Waals surface area contributed by atoms with Crippen molar-refractivity contribution in [1.29, 1.82) is 0 Å². The van der Waals surface area contributed by atoms with Gasteiger partial charge in [0, 0.05) is 30.2 Å². The van der Waals surface area contributed by atoms with Crippen LogP contribution in [-0.4, -0.2) is 11.5 Å². The topological polar surface area (TPSA) is 16.1 Å². The molecule has 1 aromatic carbocycles. The highest BCUT2D eigenvalue weighted by molar-refractivity contribution is 5.65. The van der Waals surface area contributed by atoms with Gasteiger partial charge in [-0.1, -0.05) is 18.2 Å². The van der Waals surface area contributed by atoms with Crippen LogP contribution in [0, 0.1) is 12.9 Å². The number of para-hydroxylation sites is 1. The van der Waals surface area contributed by atoms with Crippen molar-refractivity contribution in [3.63, 3.8) is 0 Å². The van der Waals surface area contributed by atoms with Crippen molar-refractivity contribution in [3.05, 3.63) is 54.1 Å². The van der Waals surface area contributed by atoms with Crippen LogP contribution < -0.4 is 4.90 Å². The maximum absolute atomic E-state index is 13.1. The molecule has 88 valence electrons. The smallest absolute Gasteiger partial charge is 0.214 e. The molecule has 2 aromatic rings. The standard InChI is InChI=1S/C14H15FN2/c1-3-17(12-8-9-16-14(15)10-12)13-7-5-4-6-11(13)2/h4-10H,3H2,1-2H3. The minimum atomic E-state index is -0.450. The van der Waals surface area contributed by atoms with Crippen molar-refractivity contribution in [2.75, 3.05) is 11.4 Å². The number of halogens is 1. The number of rotatable bonds is 3. The highest BCUT2D eigenvalue weighted by atomic mass is 19.1. The summed E-state index contributed by atoms with van der Waals surface area (Å²) < 4.78 is 13.1. The largest absolute Gasteiger partial charge is 0.341 e. The van der Waals surface area contributed by atoms with E-state index in [-0.39, 0.29) is 0 Å². The molecule has 1 heterocycles. The third kappa shape index (κ3) is 2.44. The molecule has 2 rings (SSSR count). The molecule has 0 spiro atoms. The number of pyridine rings is 1. The summed E-state index contributed by atoms with van der Waals surface area (Å²) in [4.78, 5) is 5.65. The third-order valence-electron chi connectivity index (χ3n) is 2.74. The number of hydrogen-bond donors (Lipinski definition) is 0. The zero-order chi connectivity index (χ0) is 12.3. The normalized spacial score (nSPS) is 10.3. The molecule has 3 heteroatoms. The number of nitrogens with zero attached hydrogens (tertiary/aromatic N) is 2. The van der Waals surface area contributed by atoms with Crippen molar-refractivity contribution < 1.29 is 4.39 Å². The van der Waals surface area contributed by atoms with Gasteiger partial charge in [0.1, 0.15) is 0 Å². The van der Waals surface area contributed by atoms with Crippen LogP contribution in [-0.2, 0) is 0 Å². The Morgan fingerprint density at radius 2 is 2.00 bits per heavy atom. The minimum Gasteiger partial charge on any atom is -0.341 e. The maximum Gasteiger partial charge on any atom is 0.214 e. The second-order valence-electron chi connectivity index (χ2n) is 3.87. The Balaban J connectivity index is 2.44. The van der Waals surface area contributed by atoms with Gasteiger partial charge in [-0.3, -0.25) is 0 Å². The maximum atomic E-state index is 13.1. The van der Waals surface area contributed by atoms with Gasteiger partial charge >= 0.3 is 0 Å². The van der Waals surface area contributed by atoms with Crippen LogP contribution in [0.5, 0.6) is 0 Å². The molecule has 0 aliphatic heterocycles. The lowest BCUT2D eigenvalue weighted by molar-refractivity contribution is 0.583. The predicted octanol–water partition coefficient (Wildman–Crippen LogP) is 3.69. The van der Waals surface area contributed by atoms with Gasteiger partial charge in [0.2, 0.25) is 5.95 Å². The van der Waals surface area contributed by atoms with Gasteiger partial charge in [-0.05, 0) is 31.5 Å². The van der Waals surface area contributed by atoms with Crippen LogP contribution in [0.2, 0.25) is 0 Å². The monoisotopic (exact) mass is 230 g/mol. The predicted molar refractivity (Wildman–Crippen MR) is 68.1 cm³/mol. The lowest BCUT2D eigenvalue weighted by Crippen LogP contribution is -2.17. The van der Waals surface area contributed by atoms with Crippen molar-refractivity contribution in [2.45, 2.75) is 13.8 Å². The van der Waals surface area contributed by atoms with E-state index < -0.39 is 5.95 Å². The van der Waals surface area contributed by atoms with E-state index in [1.54, 1.807) is 0 Å². The van der Waals surface area contributed by atoms with Gasteiger partial charge in [0.15, 0.2) is 0 Å². The molecule has 0 bridgehead atoms. The first-order valence-corrected chi connectivity index (χ1v) is 5.67. The van der Waals surface area contributed by atoms with Crippen LogP contribution in [0.3, 0.4) is 0 Å². The molecule has 0 fully saturated rings. The molecule has 0 saturated heterocycles. The average Bonchev–Trinajstić information content (AvgIpc) is 2.33. The van der Waals surface area contributed by atoms with Gasteiger partial charge < -0.3 is 4.90 Å². The van der Waals surface area contributed by atoms with Crippen molar-refractivity contribution in [2.24, 2.45) is 0 Å². The zero-order valence-electron chi connectivity index (χ0n) is 10.0. The quantitative estimate of drug-likeness (QED) is 0.747. The van der Waals surface area contributed by atoms with Gasteiger partial charge in [0.05, 0.1) is 0 Å². The Morgan fingerprint density at radius 1 is 1.24 bits per heavy atom. The highest BCUT2D eigenvalue weighted by Gasteiger charge is 2.09. The first kappa shape index (κ1) is 11.6. The van der Waals surface area contributed by atoms with Gasteiger partial charge in [-0.2, -0.15) is 4.39 Å². The molecule has 0 amide bonds. The highest BCUT2D eigenvalue weighted by Crippen LogP contribution is 2.27. The van der Waals surface area contributed by atoms with Crippen LogP contribution in [0.4, 0.5) is 15.8 Å². The van der Waals surface area contributed by atoms with E-state index in [0.29, 0.717) is 0 Å². The molecule has 17 heavy (non-hydrogen) atoms. The summed E-state index contributed by atoms with van der Waals surface area (Å²) in [5.74, 6) is -0.450. The lowest BCUT2D eigenvalue weighted by atomic mass is 10.1. The summed E-state index contributed by atoms with van der Waals surface area (Å²) in [5, 5.41) is 0. The van der Waals surface area contributed by atoms with Gasteiger partial charge in [-0.25, -0.2) is 4.98 Å². The molecule has 1 aromatic heterocycles. The van der Waals surface area contributed by atoms with Crippen molar-refractivity contribution in [3.8, 4) is 0 Å². The Morgan fingerprint density at radius 3 is 2.65 bits per heavy atom. The molecule has 2 nitrogen and oxygen atoms in total. The van der Waals surface area contributed by atoms with Crippen LogP contribution in [0.1, 0.15) is 12.5 Å². The summed E-state index contributed by atoms with van der Waals surface area (Å²) in [6.07, 6.45) is 1.49. The third-order valence-corrected chi connectivity index (χ3v) is 2.74. The average molecular weight is 230 g/mol. The summed E-state index contributed by atoms with van der Waals surface area (Å²) in [5.41, 5.74) is 3.10. The fourth-order valence-electron chi connectivity index (χ4n) is 1.92. The Bertz CT molecular complexity index is 511. The molecule has 0 unspecified atom stereocenters. The Labute approximate surface area is 101 Å². The second-order valence-corrected chi connectivity index (χ2v) is 3.87. The van der Waals surface area contributed by atoms with Crippen molar-refractivity contribution >= 4 is 11.4 Å². The molecule has 0 aliphatic carbocycles. The Hall–Kier alpha value is -1.90. The number of benzene rings is 1. The van der Waals surface area contributed by atoms with Crippen LogP contribution >= 0.6 is 0 Å². The summed E-state index contributed by atoms with van der Waals surface area (Å²) in [6.45, 7) is 4.88. The molecule has 0 radical (unpaired) electrons. The molecule has 0 atom stereocenters. The van der Waals surface area contributed by atoms with E-state index >= 15 is 0 Å². The number of anilines is 2. The van der Waals surface area contributed by atoms with Gasteiger partial charge in [-0.15, -0.1) is 0 Å². The second kappa shape index (κ2) is 4.95. The SMILES string of the molecule is CCN(c1ccnc(F)c1)c1ccccc1C. The van der Waals surface area contributed by atoms with E-state index in [1.807, 2.05) is 31.2 Å². The summed E-state index contributed by atoms with van der Waals surface area (Å²) in [7, 11) is 0. The van der Waals surface area contributed by atoms with E-state index in [9.17, 15) is 4.39 Å². The first-order chi connectivity index (χ1) is 8.22. The fraction of sp³-hybridized carbons (Fsp3) is 0.214. The van der Waals surface area contributed by atoms with E-state index in [1.165, 1.54) is 17.8 Å². The minimum absolute atomic E-state index is 0.450. The summed E-state index contributed by atoms with van der Waals surface area (Å²) >= 11 is 0. The first-order valence-electron chi connectivity index (χ1n) is 5.67. The number of hydrogen-bond acceptors (Lipinski definition) is 2. The zero-order valence-corrected chi connectivity index (χ0v) is 10.0. The van der Waals surface area contributed by atoms with E-state index in [2.05, 4.69) is 22.9 Å². The summed E-state index contributed by atoms with van der Waals surface area (Å²) in [6, 6.07) is 11.4. The molecule has 0 saturated carbocycles. The van der Waals surface area contributed by atoms with Crippen LogP contribution in [0.15, 0.2) is 42.6 Å². The Kier molecular flexibility index (Phi) is 3.38. The van der Waals surface area contributed by atoms with E-state index in [4.69, 9.17) is 0 Å². The van der Waals surface area contributed by atoms with Gasteiger partial charge in [0.25, 0.3) is 0 Å². The van der Waals surface area contributed by atoms with E-state index in [0.717, 1.165) is 17.9 Å². The molecule has 0 aliphatic rings. The fourth-order valence-corrected chi connectivity index (χ4v) is 1.92. The number of aryl methyl sites for hydroxylation is 1. The lowest BCUT2D eigenvalue weighted by Gasteiger charge is -2.24. The molecular weight excluding hydrogens is 215 g/mol. The molecule has 0 N–H and O–H groups in total. The molecular formula is C14H15FN2. The number of aromatic nitrogens is 1. The van der Waals surface area contributed by atoms with Crippen LogP contribution in [0.25, 0.3) is 0 Å². The van der Waals surface area contributed by atoms with Crippen molar-refractivity contribution in [1.82, 2.24) is 4.98 Å².